The molecule has 2 aromatic rings. The van der Waals surface area contributed by atoms with Gasteiger partial charge in [0.2, 0.25) is 5.91 Å². The molecule has 1 aliphatic carbocycles. The molecule has 1 amide bonds. The van der Waals surface area contributed by atoms with Crippen LogP contribution in [-0.2, 0) is 11.3 Å². The first-order valence-electron chi connectivity index (χ1n) is 9.44. The Morgan fingerprint density at radius 3 is 2.54 bits per heavy atom. The van der Waals surface area contributed by atoms with Crippen LogP contribution in [0, 0.1) is 5.92 Å². The maximum Gasteiger partial charge on any atom is 0.226 e. The molecule has 2 aromatic carbocycles. The molecule has 2 fully saturated rings. The molecule has 3 nitrogen and oxygen atoms in total. The van der Waals surface area contributed by atoms with E-state index in [1.165, 1.54) is 5.56 Å². The fraction of sp³-hybridized carbons (Fsp3) is 0.409. The molecule has 0 N–H and O–H groups in total. The lowest BCUT2D eigenvalue weighted by Gasteiger charge is -2.40. The van der Waals surface area contributed by atoms with Crippen molar-refractivity contribution in [2.24, 2.45) is 5.92 Å². The number of nitrogens with zero attached hydrogens (tertiary/aromatic N) is 2. The van der Waals surface area contributed by atoms with E-state index in [0.717, 1.165) is 43.2 Å². The van der Waals surface area contributed by atoms with Gasteiger partial charge in [0.05, 0.1) is 0 Å². The van der Waals surface area contributed by atoms with E-state index in [2.05, 4.69) is 47.1 Å². The third-order valence-corrected chi connectivity index (χ3v) is 6.00. The maximum atomic E-state index is 13.0. The molecule has 136 valence electrons. The van der Waals surface area contributed by atoms with Gasteiger partial charge in [0.25, 0.3) is 0 Å². The SMILES string of the molecule is CC1CN(Cc2ccccc2)CCN1C(=O)C1CC1c1ccccc1Cl. The third kappa shape index (κ3) is 3.65. The zero-order chi connectivity index (χ0) is 18.1. The van der Waals surface area contributed by atoms with Crippen LogP contribution in [0.25, 0.3) is 0 Å². The molecule has 0 radical (unpaired) electrons. The van der Waals surface area contributed by atoms with Gasteiger partial charge in [-0.2, -0.15) is 0 Å². The van der Waals surface area contributed by atoms with Gasteiger partial charge in [-0.15, -0.1) is 0 Å². The van der Waals surface area contributed by atoms with Crippen molar-refractivity contribution in [3.63, 3.8) is 0 Å². The Labute approximate surface area is 160 Å². The summed E-state index contributed by atoms with van der Waals surface area (Å²) in [6, 6.07) is 18.7. The van der Waals surface area contributed by atoms with E-state index in [1.54, 1.807) is 0 Å². The molecule has 1 aliphatic heterocycles. The average Bonchev–Trinajstić information content (AvgIpc) is 3.43. The van der Waals surface area contributed by atoms with Crippen molar-refractivity contribution < 1.29 is 4.79 Å². The summed E-state index contributed by atoms with van der Waals surface area (Å²) < 4.78 is 0. The average molecular weight is 369 g/mol. The van der Waals surface area contributed by atoms with Crippen LogP contribution in [0.2, 0.25) is 5.02 Å². The highest BCUT2D eigenvalue weighted by Gasteiger charge is 2.47. The Morgan fingerprint density at radius 1 is 1.08 bits per heavy atom. The number of hydrogen-bond acceptors (Lipinski definition) is 2. The monoisotopic (exact) mass is 368 g/mol. The minimum absolute atomic E-state index is 0.109. The number of piperazine rings is 1. The molecule has 4 heteroatoms. The maximum absolute atomic E-state index is 13.0. The number of amides is 1. The predicted molar refractivity (Wildman–Crippen MR) is 105 cm³/mol. The minimum atomic E-state index is 0.109. The Morgan fingerprint density at radius 2 is 1.81 bits per heavy atom. The van der Waals surface area contributed by atoms with Gasteiger partial charge in [0.15, 0.2) is 0 Å². The van der Waals surface area contributed by atoms with Crippen LogP contribution in [0.1, 0.15) is 30.4 Å². The summed E-state index contributed by atoms with van der Waals surface area (Å²) in [7, 11) is 0. The van der Waals surface area contributed by atoms with Crippen molar-refractivity contribution in [3.05, 3.63) is 70.7 Å². The topological polar surface area (TPSA) is 23.6 Å². The largest absolute Gasteiger partial charge is 0.337 e. The van der Waals surface area contributed by atoms with Gasteiger partial charge in [-0.05, 0) is 36.5 Å². The number of hydrogen-bond donors (Lipinski definition) is 0. The number of halogens is 1. The van der Waals surface area contributed by atoms with Gasteiger partial charge in [-0.3, -0.25) is 9.69 Å². The van der Waals surface area contributed by atoms with E-state index in [4.69, 9.17) is 11.6 Å². The van der Waals surface area contributed by atoms with Crippen molar-refractivity contribution >= 4 is 17.5 Å². The second kappa shape index (κ2) is 7.42. The van der Waals surface area contributed by atoms with Crippen LogP contribution in [0.15, 0.2) is 54.6 Å². The Kier molecular flexibility index (Phi) is 5.01. The van der Waals surface area contributed by atoms with E-state index < -0.39 is 0 Å². The first kappa shape index (κ1) is 17.6. The fourth-order valence-corrected chi connectivity index (χ4v) is 4.42. The number of carbonyl (C=O) groups excluding carboxylic acids is 1. The predicted octanol–water partition coefficient (Wildman–Crippen LogP) is 4.18. The molecule has 4 rings (SSSR count). The van der Waals surface area contributed by atoms with Crippen LogP contribution in [0.5, 0.6) is 0 Å². The lowest BCUT2D eigenvalue weighted by molar-refractivity contribution is -0.137. The lowest BCUT2D eigenvalue weighted by Crippen LogP contribution is -2.54. The smallest absolute Gasteiger partial charge is 0.226 e. The van der Waals surface area contributed by atoms with Crippen molar-refractivity contribution in [2.45, 2.75) is 31.8 Å². The van der Waals surface area contributed by atoms with Crippen LogP contribution >= 0.6 is 11.6 Å². The number of rotatable bonds is 4. The molecule has 0 aromatic heterocycles. The quantitative estimate of drug-likeness (QED) is 0.808. The summed E-state index contributed by atoms with van der Waals surface area (Å²) >= 11 is 6.31. The fourth-order valence-electron chi connectivity index (χ4n) is 4.15. The second-order valence-corrected chi connectivity index (χ2v) is 7.98. The molecule has 1 saturated carbocycles. The standard InChI is InChI=1S/C22H25ClN2O/c1-16-14-24(15-17-7-3-2-4-8-17)11-12-25(16)22(26)20-13-19(20)18-9-5-6-10-21(18)23/h2-10,16,19-20H,11-15H2,1H3. The molecule has 0 spiro atoms. The summed E-state index contributed by atoms with van der Waals surface area (Å²) in [6.07, 6.45) is 0.930. The molecule has 1 saturated heterocycles. The van der Waals surface area contributed by atoms with Gasteiger partial charge >= 0.3 is 0 Å². The normalized spacial score (nSPS) is 25.9. The molecule has 3 unspecified atom stereocenters. The third-order valence-electron chi connectivity index (χ3n) is 5.66. The molecule has 3 atom stereocenters. The van der Waals surface area contributed by atoms with Gasteiger partial charge < -0.3 is 4.90 Å². The Hall–Kier alpha value is -1.84. The van der Waals surface area contributed by atoms with Gasteiger partial charge in [0.1, 0.15) is 0 Å². The first-order chi connectivity index (χ1) is 12.6. The summed E-state index contributed by atoms with van der Waals surface area (Å²) in [5, 5.41) is 0.786. The highest BCUT2D eigenvalue weighted by molar-refractivity contribution is 6.31. The molecule has 0 bridgehead atoms. The molecular formula is C22H25ClN2O. The van der Waals surface area contributed by atoms with Crippen LogP contribution < -0.4 is 0 Å². The number of benzene rings is 2. The summed E-state index contributed by atoms with van der Waals surface area (Å²) in [5.41, 5.74) is 2.46. The molecule has 1 heterocycles. The van der Waals surface area contributed by atoms with E-state index in [0.29, 0.717) is 11.8 Å². The summed E-state index contributed by atoms with van der Waals surface area (Å²) in [5.74, 6) is 0.713. The van der Waals surface area contributed by atoms with E-state index in [9.17, 15) is 4.79 Å². The molecule has 26 heavy (non-hydrogen) atoms. The highest BCUT2D eigenvalue weighted by Crippen LogP contribution is 2.50. The van der Waals surface area contributed by atoms with E-state index in [1.807, 2.05) is 24.3 Å². The summed E-state index contributed by atoms with van der Waals surface area (Å²) in [4.78, 5) is 17.5. The Bertz CT molecular complexity index is 779. The Balaban J connectivity index is 1.35. The van der Waals surface area contributed by atoms with Crippen LogP contribution in [0.3, 0.4) is 0 Å². The van der Waals surface area contributed by atoms with E-state index in [-0.39, 0.29) is 12.0 Å². The molecule has 2 aliphatic rings. The van der Waals surface area contributed by atoms with Crippen LogP contribution in [0.4, 0.5) is 0 Å². The van der Waals surface area contributed by atoms with Crippen molar-refractivity contribution in [3.8, 4) is 0 Å². The van der Waals surface area contributed by atoms with E-state index >= 15 is 0 Å². The van der Waals surface area contributed by atoms with Crippen molar-refractivity contribution in [2.75, 3.05) is 19.6 Å². The highest BCUT2D eigenvalue weighted by atomic mass is 35.5. The van der Waals surface area contributed by atoms with Crippen molar-refractivity contribution in [1.82, 2.24) is 9.80 Å². The number of carbonyl (C=O) groups is 1. The zero-order valence-electron chi connectivity index (χ0n) is 15.1. The van der Waals surface area contributed by atoms with Gasteiger partial charge in [-0.25, -0.2) is 0 Å². The summed E-state index contributed by atoms with van der Waals surface area (Å²) in [6.45, 7) is 5.82. The first-order valence-corrected chi connectivity index (χ1v) is 9.82. The van der Waals surface area contributed by atoms with Gasteiger partial charge in [0, 0.05) is 43.2 Å². The van der Waals surface area contributed by atoms with Crippen molar-refractivity contribution in [1.29, 1.82) is 0 Å². The van der Waals surface area contributed by atoms with Crippen LogP contribution in [-0.4, -0.2) is 41.4 Å². The van der Waals surface area contributed by atoms with Gasteiger partial charge in [-0.1, -0.05) is 60.1 Å². The molecular weight excluding hydrogens is 344 g/mol. The lowest BCUT2D eigenvalue weighted by atomic mass is 10.1. The minimum Gasteiger partial charge on any atom is -0.337 e. The second-order valence-electron chi connectivity index (χ2n) is 7.57. The zero-order valence-corrected chi connectivity index (χ0v) is 15.9.